The zero-order valence-corrected chi connectivity index (χ0v) is 13.3. The van der Waals surface area contributed by atoms with Crippen LogP contribution < -0.4 is 14.4 Å². The summed E-state index contributed by atoms with van der Waals surface area (Å²) in [4.78, 5) is 2.27. The van der Waals surface area contributed by atoms with Crippen molar-refractivity contribution in [1.82, 2.24) is 0 Å². The predicted octanol–water partition coefficient (Wildman–Crippen LogP) is 6.52. The minimum absolute atomic E-state index is 0.815. The van der Waals surface area contributed by atoms with Crippen LogP contribution in [-0.4, -0.2) is 0 Å². The molecule has 0 amide bonds. The van der Waals surface area contributed by atoms with Gasteiger partial charge in [-0.05, 0) is 35.7 Å². The molecule has 0 fully saturated rings. The highest BCUT2D eigenvalue weighted by Crippen LogP contribution is 2.60. The summed E-state index contributed by atoms with van der Waals surface area (Å²) in [7, 11) is 0. The zero-order valence-electron chi connectivity index (χ0n) is 13.3. The van der Waals surface area contributed by atoms with E-state index in [2.05, 4.69) is 41.3 Å². The predicted molar refractivity (Wildman–Crippen MR) is 98.8 cm³/mol. The van der Waals surface area contributed by atoms with Crippen LogP contribution in [0.4, 0.5) is 17.1 Å². The Balaban J connectivity index is 1.77. The van der Waals surface area contributed by atoms with Crippen molar-refractivity contribution in [3.63, 3.8) is 0 Å². The number of fused-ring (bicyclic) bond motifs is 6. The highest BCUT2D eigenvalue weighted by Gasteiger charge is 2.35. The first-order chi connectivity index (χ1) is 12.4. The smallest absolute Gasteiger partial charge is 0.155 e. The summed E-state index contributed by atoms with van der Waals surface area (Å²) in [6.07, 6.45) is 0. The lowest BCUT2D eigenvalue weighted by atomic mass is 10.0. The van der Waals surface area contributed by atoms with E-state index in [1.165, 1.54) is 5.39 Å². The number of nitrogens with zero attached hydrogens (tertiary/aromatic N) is 1. The van der Waals surface area contributed by atoms with Crippen molar-refractivity contribution in [2.45, 2.75) is 0 Å². The molecular weight excluding hydrogens is 310 g/mol. The van der Waals surface area contributed by atoms with E-state index in [0.717, 1.165) is 45.4 Å². The summed E-state index contributed by atoms with van der Waals surface area (Å²) < 4.78 is 12.4. The molecule has 3 nitrogen and oxygen atoms in total. The molecule has 0 saturated heterocycles. The average Bonchev–Trinajstić information content (AvgIpc) is 2.67. The average molecular weight is 323 g/mol. The topological polar surface area (TPSA) is 21.7 Å². The fourth-order valence-corrected chi connectivity index (χ4v) is 3.75. The lowest BCUT2D eigenvalue weighted by molar-refractivity contribution is 0.446. The van der Waals surface area contributed by atoms with Crippen molar-refractivity contribution in [1.29, 1.82) is 0 Å². The van der Waals surface area contributed by atoms with Crippen LogP contribution in [0.1, 0.15) is 0 Å². The molecule has 4 aromatic carbocycles. The number of hydrogen-bond acceptors (Lipinski definition) is 3. The van der Waals surface area contributed by atoms with Gasteiger partial charge >= 0.3 is 0 Å². The molecule has 2 heterocycles. The Labute approximate surface area is 144 Å². The van der Waals surface area contributed by atoms with Gasteiger partial charge in [0.25, 0.3) is 0 Å². The summed E-state index contributed by atoms with van der Waals surface area (Å²) in [6.45, 7) is 0. The molecule has 0 N–H and O–H groups in total. The first-order valence-electron chi connectivity index (χ1n) is 8.30. The molecule has 0 bridgehead atoms. The van der Waals surface area contributed by atoms with Gasteiger partial charge in [-0.25, -0.2) is 0 Å². The van der Waals surface area contributed by atoms with E-state index >= 15 is 0 Å². The molecule has 0 saturated carbocycles. The minimum atomic E-state index is 0.815. The number of para-hydroxylation sites is 3. The van der Waals surface area contributed by atoms with E-state index in [9.17, 15) is 0 Å². The van der Waals surface area contributed by atoms with Crippen molar-refractivity contribution in [3.05, 3.63) is 78.9 Å². The molecule has 0 spiro atoms. The second-order valence-corrected chi connectivity index (χ2v) is 6.24. The summed E-state index contributed by atoms with van der Waals surface area (Å²) in [5, 5.41) is 2.35. The van der Waals surface area contributed by atoms with E-state index in [4.69, 9.17) is 9.47 Å². The summed E-state index contributed by atoms with van der Waals surface area (Å²) >= 11 is 0. The fourth-order valence-electron chi connectivity index (χ4n) is 3.75. The number of anilines is 3. The third-order valence-electron chi connectivity index (χ3n) is 4.82. The normalized spacial score (nSPS) is 13.4. The minimum Gasteiger partial charge on any atom is -0.453 e. The molecule has 118 valence electrons. The first kappa shape index (κ1) is 12.9. The molecular formula is C22H13NO2. The van der Waals surface area contributed by atoms with Gasteiger partial charge in [0.05, 0.1) is 11.4 Å². The van der Waals surface area contributed by atoms with Gasteiger partial charge in [0.1, 0.15) is 5.69 Å². The van der Waals surface area contributed by atoms with Gasteiger partial charge in [0, 0.05) is 5.39 Å². The van der Waals surface area contributed by atoms with Crippen LogP contribution in [0.15, 0.2) is 78.9 Å². The standard InChI is InChI=1S/C22H13NO2/c1-2-7-15-14(6-1)12-13-20-21(15)23-16-8-3-4-9-17(16)24-18-10-5-11-19(25-20)22(18)23/h1-13H. The molecule has 0 radical (unpaired) electrons. The maximum atomic E-state index is 6.23. The third-order valence-corrected chi connectivity index (χ3v) is 4.82. The van der Waals surface area contributed by atoms with E-state index in [0.29, 0.717) is 0 Å². The molecule has 4 aromatic rings. The third kappa shape index (κ3) is 1.64. The Morgan fingerprint density at radius 3 is 2.12 bits per heavy atom. The van der Waals surface area contributed by atoms with E-state index in [-0.39, 0.29) is 0 Å². The number of rotatable bonds is 0. The van der Waals surface area contributed by atoms with Crippen LogP contribution >= 0.6 is 0 Å². The maximum absolute atomic E-state index is 6.23. The van der Waals surface area contributed by atoms with Gasteiger partial charge < -0.3 is 9.47 Å². The van der Waals surface area contributed by atoms with Gasteiger partial charge in [-0.1, -0.05) is 48.5 Å². The lowest BCUT2D eigenvalue weighted by Crippen LogP contribution is -2.20. The monoisotopic (exact) mass is 323 g/mol. The second-order valence-electron chi connectivity index (χ2n) is 6.24. The SMILES string of the molecule is c1ccc2c(c1)Oc1cccc3c1N2c1c(ccc2ccccc12)O3. The van der Waals surface area contributed by atoms with Gasteiger partial charge in [-0.2, -0.15) is 0 Å². The molecule has 2 aliphatic heterocycles. The highest BCUT2D eigenvalue weighted by molar-refractivity contribution is 6.06. The van der Waals surface area contributed by atoms with Crippen molar-refractivity contribution in [2.75, 3.05) is 4.90 Å². The molecule has 2 aliphatic rings. The van der Waals surface area contributed by atoms with Crippen LogP contribution in [0.5, 0.6) is 23.0 Å². The summed E-state index contributed by atoms with van der Waals surface area (Å²) in [6, 6.07) is 26.6. The summed E-state index contributed by atoms with van der Waals surface area (Å²) in [5.41, 5.74) is 3.06. The summed E-state index contributed by atoms with van der Waals surface area (Å²) in [5.74, 6) is 3.34. The van der Waals surface area contributed by atoms with Crippen molar-refractivity contribution < 1.29 is 9.47 Å². The van der Waals surface area contributed by atoms with E-state index in [1.54, 1.807) is 0 Å². The Bertz CT molecular complexity index is 1150. The second kappa shape index (κ2) is 4.54. The van der Waals surface area contributed by atoms with Crippen molar-refractivity contribution in [3.8, 4) is 23.0 Å². The molecule has 6 rings (SSSR count). The van der Waals surface area contributed by atoms with Crippen molar-refractivity contribution >= 4 is 27.8 Å². The van der Waals surface area contributed by atoms with Crippen LogP contribution in [0, 0.1) is 0 Å². The number of ether oxygens (including phenoxy) is 2. The highest BCUT2D eigenvalue weighted by atomic mass is 16.5. The van der Waals surface area contributed by atoms with Crippen LogP contribution in [0.2, 0.25) is 0 Å². The Morgan fingerprint density at radius 1 is 0.520 bits per heavy atom. The Hall–Kier alpha value is -3.46. The molecule has 3 heteroatoms. The van der Waals surface area contributed by atoms with Gasteiger partial charge in [0.2, 0.25) is 0 Å². The van der Waals surface area contributed by atoms with Crippen LogP contribution in [-0.2, 0) is 0 Å². The fraction of sp³-hybridized carbons (Fsp3) is 0. The first-order valence-corrected chi connectivity index (χ1v) is 8.30. The quantitative estimate of drug-likeness (QED) is 0.317. The zero-order chi connectivity index (χ0) is 16.4. The van der Waals surface area contributed by atoms with Gasteiger partial charge in [0.15, 0.2) is 23.0 Å². The van der Waals surface area contributed by atoms with Gasteiger partial charge in [-0.15, -0.1) is 0 Å². The Kier molecular flexibility index (Phi) is 2.35. The Morgan fingerprint density at radius 2 is 1.20 bits per heavy atom. The molecule has 0 atom stereocenters. The molecule has 0 unspecified atom stereocenters. The van der Waals surface area contributed by atoms with Gasteiger partial charge in [-0.3, -0.25) is 4.90 Å². The molecule has 25 heavy (non-hydrogen) atoms. The number of hydrogen-bond donors (Lipinski definition) is 0. The van der Waals surface area contributed by atoms with Crippen LogP contribution in [0.25, 0.3) is 10.8 Å². The maximum Gasteiger partial charge on any atom is 0.155 e. The van der Waals surface area contributed by atoms with Crippen LogP contribution in [0.3, 0.4) is 0 Å². The largest absolute Gasteiger partial charge is 0.453 e. The number of benzene rings is 4. The van der Waals surface area contributed by atoms with Crippen molar-refractivity contribution in [2.24, 2.45) is 0 Å². The van der Waals surface area contributed by atoms with E-state index < -0.39 is 0 Å². The lowest BCUT2D eigenvalue weighted by Gasteiger charge is -2.38. The molecule has 0 aliphatic carbocycles. The van der Waals surface area contributed by atoms with E-state index in [1.807, 2.05) is 42.5 Å². The molecule has 0 aromatic heterocycles.